The third-order valence-electron chi connectivity index (χ3n) is 7.00. The molecular formula is C32H24N6. The van der Waals surface area contributed by atoms with Gasteiger partial charge < -0.3 is 16.0 Å². The lowest BCUT2D eigenvalue weighted by atomic mass is 10.1. The van der Waals surface area contributed by atoms with Crippen LogP contribution in [0.25, 0.3) is 56.0 Å². The Labute approximate surface area is 219 Å². The molecule has 7 aromatic rings. The first-order valence-electron chi connectivity index (χ1n) is 12.4. The zero-order valence-corrected chi connectivity index (χ0v) is 20.5. The number of aromatic nitrogens is 4. The van der Waals surface area contributed by atoms with Crippen molar-refractivity contribution in [3.05, 3.63) is 122 Å². The number of nitrogens with two attached hydrogens (primary N) is 2. The Hall–Kier alpha value is -5.36. The van der Waals surface area contributed by atoms with Crippen LogP contribution < -0.4 is 11.5 Å². The number of nitrogen functional groups attached to an aromatic ring is 2. The van der Waals surface area contributed by atoms with Gasteiger partial charge in [-0.2, -0.15) is 0 Å². The van der Waals surface area contributed by atoms with Crippen molar-refractivity contribution < 1.29 is 0 Å². The van der Waals surface area contributed by atoms with Gasteiger partial charge in [0.2, 0.25) is 0 Å². The Kier molecular flexibility index (Phi) is 4.97. The summed E-state index contributed by atoms with van der Waals surface area (Å²) in [5.41, 5.74) is 22.3. The molecule has 4 heterocycles. The number of hydrogen-bond donors (Lipinski definition) is 2. The Morgan fingerprint density at radius 1 is 0.526 bits per heavy atom. The lowest BCUT2D eigenvalue weighted by molar-refractivity contribution is 1.03. The molecule has 0 unspecified atom stereocenters. The topological polar surface area (TPSA) is 87.7 Å². The SMILES string of the molecule is Nc1c(-c2c(N)c3ncccc3n2-c2ccccc2)n(-c2ccc(-c3ccccc3)cn2)c2ccccc12. The third kappa shape index (κ3) is 3.28. The molecule has 0 fully saturated rings. The van der Waals surface area contributed by atoms with Crippen molar-refractivity contribution in [1.82, 2.24) is 19.1 Å². The van der Waals surface area contributed by atoms with E-state index in [2.05, 4.69) is 50.5 Å². The van der Waals surface area contributed by atoms with Crippen molar-refractivity contribution >= 4 is 33.3 Å². The smallest absolute Gasteiger partial charge is 0.137 e. The molecule has 4 N–H and O–H groups in total. The van der Waals surface area contributed by atoms with E-state index in [9.17, 15) is 0 Å². The molecule has 0 aliphatic heterocycles. The first-order valence-corrected chi connectivity index (χ1v) is 12.4. The number of rotatable bonds is 4. The summed E-state index contributed by atoms with van der Waals surface area (Å²) < 4.78 is 4.24. The van der Waals surface area contributed by atoms with Gasteiger partial charge in [-0.05, 0) is 48.0 Å². The fourth-order valence-corrected chi connectivity index (χ4v) is 5.27. The fourth-order valence-electron chi connectivity index (χ4n) is 5.27. The molecule has 0 bridgehead atoms. The van der Waals surface area contributed by atoms with Crippen LogP contribution in [0.3, 0.4) is 0 Å². The second-order valence-corrected chi connectivity index (χ2v) is 9.19. The number of nitrogens with zero attached hydrogens (tertiary/aromatic N) is 4. The van der Waals surface area contributed by atoms with E-state index in [-0.39, 0.29) is 0 Å². The molecule has 7 rings (SSSR count). The van der Waals surface area contributed by atoms with E-state index >= 15 is 0 Å². The van der Waals surface area contributed by atoms with Crippen LogP contribution in [-0.4, -0.2) is 19.1 Å². The average Bonchev–Trinajstić information content (AvgIpc) is 3.44. The molecule has 0 atom stereocenters. The van der Waals surface area contributed by atoms with Gasteiger partial charge in [-0.25, -0.2) is 4.98 Å². The maximum atomic E-state index is 6.93. The Balaban J connectivity index is 1.55. The van der Waals surface area contributed by atoms with Crippen molar-refractivity contribution in [2.45, 2.75) is 0 Å². The van der Waals surface area contributed by atoms with Crippen molar-refractivity contribution in [3.8, 4) is 34.0 Å². The van der Waals surface area contributed by atoms with Gasteiger partial charge in [-0.15, -0.1) is 0 Å². The summed E-state index contributed by atoms with van der Waals surface area (Å²) in [5.74, 6) is 0.754. The highest BCUT2D eigenvalue weighted by Crippen LogP contribution is 2.44. The summed E-state index contributed by atoms with van der Waals surface area (Å²) in [6.07, 6.45) is 3.66. The van der Waals surface area contributed by atoms with Crippen molar-refractivity contribution in [2.75, 3.05) is 11.5 Å². The average molecular weight is 493 g/mol. The van der Waals surface area contributed by atoms with Gasteiger partial charge in [0, 0.05) is 29.0 Å². The van der Waals surface area contributed by atoms with Crippen LogP contribution in [0.5, 0.6) is 0 Å². The molecule has 4 aromatic heterocycles. The lowest BCUT2D eigenvalue weighted by Gasteiger charge is -2.16. The van der Waals surface area contributed by atoms with Crippen LogP contribution in [-0.2, 0) is 0 Å². The predicted octanol–water partition coefficient (Wildman–Crippen LogP) is 6.86. The van der Waals surface area contributed by atoms with Gasteiger partial charge in [0.15, 0.2) is 0 Å². The van der Waals surface area contributed by atoms with Gasteiger partial charge in [0.25, 0.3) is 0 Å². The van der Waals surface area contributed by atoms with Gasteiger partial charge in [0.1, 0.15) is 11.3 Å². The molecule has 0 spiro atoms. The number of fused-ring (bicyclic) bond motifs is 2. The van der Waals surface area contributed by atoms with E-state index in [0.717, 1.165) is 56.0 Å². The van der Waals surface area contributed by atoms with Crippen molar-refractivity contribution in [3.63, 3.8) is 0 Å². The molecule has 38 heavy (non-hydrogen) atoms. The predicted molar refractivity (Wildman–Crippen MR) is 155 cm³/mol. The van der Waals surface area contributed by atoms with Crippen LogP contribution >= 0.6 is 0 Å². The first kappa shape index (κ1) is 21.9. The number of benzene rings is 3. The van der Waals surface area contributed by atoms with Crippen LogP contribution in [0, 0.1) is 0 Å². The zero-order chi connectivity index (χ0) is 25.6. The Morgan fingerprint density at radius 3 is 1.97 bits per heavy atom. The zero-order valence-electron chi connectivity index (χ0n) is 20.5. The molecule has 6 nitrogen and oxygen atoms in total. The molecule has 0 aliphatic carbocycles. The van der Waals surface area contributed by atoms with Crippen LogP contribution in [0.2, 0.25) is 0 Å². The minimum atomic E-state index is 0.570. The quantitative estimate of drug-likeness (QED) is 0.281. The maximum absolute atomic E-state index is 6.93. The second kappa shape index (κ2) is 8.64. The summed E-state index contributed by atoms with van der Waals surface area (Å²) in [4.78, 5) is 9.54. The molecule has 0 saturated heterocycles. The molecule has 182 valence electrons. The molecular weight excluding hydrogens is 468 g/mol. The van der Waals surface area contributed by atoms with E-state index in [0.29, 0.717) is 11.4 Å². The van der Waals surface area contributed by atoms with Crippen molar-refractivity contribution in [1.29, 1.82) is 0 Å². The monoisotopic (exact) mass is 492 g/mol. The normalized spacial score (nSPS) is 11.4. The standard InChI is InChI=1S/C32H24N6/c33-28-24-14-7-8-15-25(24)38(27-18-17-22(20-36-27)21-10-3-1-4-11-21)31(28)32-29(34)30-26(16-9-19-35-30)37(32)23-12-5-2-6-13-23/h1-20H,33-34H2. The molecule has 6 heteroatoms. The summed E-state index contributed by atoms with van der Waals surface area (Å²) in [6, 6.07) is 36.6. The van der Waals surface area contributed by atoms with Crippen molar-refractivity contribution in [2.24, 2.45) is 0 Å². The van der Waals surface area contributed by atoms with Gasteiger partial charge in [-0.1, -0.05) is 66.7 Å². The highest BCUT2D eigenvalue weighted by atomic mass is 15.1. The molecule has 0 aliphatic rings. The van der Waals surface area contributed by atoms with Crippen LogP contribution in [0.1, 0.15) is 0 Å². The van der Waals surface area contributed by atoms with Crippen LogP contribution in [0.4, 0.5) is 11.4 Å². The second-order valence-electron chi connectivity index (χ2n) is 9.19. The van der Waals surface area contributed by atoms with Crippen LogP contribution in [0.15, 0.2) is 122 Å². The number of hydrogen-bond acceptors (Lipinski definition) is 4. The fraction of sp³-hybridized carbons (Fsp3) is 0. The highest BCUT2D eigenvalue weighted by Gasteiger charge is 2.26. The van der Waals surface area contributed by atoms with E-state index in [1.165, 1.54) is 0 Å². The lowest BCUT2D eigenvalue weighted by Crippen LogP contribution is -2.06. The minimum Gasteiger partial charge on any atom is -0.396 e. The number of anilines is 2. The maximum Gasteiger partial charge on any atom is 0.137 e. The summed E-state index contributed by atoms with van der Waals surface area (Å²) >= 11 is 0. The largest absolute Gasteiger partial charge is 0.396 e. The third-order valence-corrected chi connectivity index (χ3v) is 7.00. The first-order chi connectivity index (χ1) is 18.7. The number of pyridine rings is 2. The van der Waals surface area contributed by atoms with E-state index in [4.69, 9.17) is 16.5 Å². The molecule has 0 saturated carbocycles. The van der Waals surface area contributed by atoms with Gasteiger partial charge in [-0.3, -0.25) is 9.55 Å². The summed E-state index contributed by atoms with van der Waals surface area (Å²) in [5, 5.41) is 0.939. The van der Waals surface area contributed by atoms with E-state index in [1.54, 1.807) is 6.20 Å². The Bertz CT molecular complexity index is 1920. The molecule has 3 aromatic carbocycles. The van der Waals surface area contributed by atoms with E-state index < -0.39 is 0 Å². The highest BCUT2D eigenvalue weighted by molar-refractivity contribution is 6.08. The number of para-hydroxylation sites is 2. The summed E-state index contributed by atoms with van der Waals surface area (Å²) in [7, 11) is 0. The van der Waals surface area contributed by atoms with E-state index in [1.807, 2.05) is 79.0 Å². The minimum absolute atomic E-state index is 0.570. The van der Waals surface area contributed by atoms with Gasteiger partial charge >= 0.3 is 0 Å². The summed E-state index contributed by atoms with van der Waals surface area (Å²) in [6.45, 7) is 0. The Morgan fingerprint density at radius 2 is 1.21 bits per heavy atom. The molecule has 0 radical (unpaired) electrons. The molecule has 0 amide bonds. The van der Waals surface area contributed by atoms with Gasteiger partial charge in [0.05, 0.1) is 33.8 Å².